The molecule has 4 nitrogen and oxygen atoms in total. The van der Waals surface area contributed by atoms with E-state index in [2.05, 4.69) is 52.0 Å². The predicted molar refractivity (Wildman–Crippen MR) is 117 cm³/mol. The molecule has 3 rings (SSSR count). The SMILES string of the molecule is Cl.Cl.Cl.Nc1cccc(C[C@H]2CNC[C@@H]2NCCCc2ccccc2)n1. The number of rotatable bonds is 7. The van der Waals surface area contributed by atoms with Gasteiger partial charge in [-0.05, 0) is 56.0 Å². The fourth-order valence-electron chi connectivity index (χ4n) is 3.29. The second-order valence-corrected chi connectivity index (χ2v) is 6.33. The molecule has 4 N–H and O–H groups in total. The van der Waals surface area contributed by atoms with Crippen molar-refractivity contribution in [2.75, 3.05) is 25.4 Å². The Labute approximate surface area is 175 Å². The summed E-state index contributed by atoms with van der Waals surface area (Å²) in [5, 5.41) is 7.21. The van der Waals surface area contributed by atoms with Crippen LogP contribution in [0.3, 0.4) is 0 Å². The highest BCUT2D eigenvalue weighted by Gasteiger charge is 2.26. The summed E-state index contributed by atoms with van der Waals surface area (Å²) in [4.78, 5) is 4.43. The number of pyridine rings is 1. The van der Waals surface area contributed by atoms with Crippen molar-refractivity contribution in [3.05, 3.63) is 59.8 Å². The van der Waals surface area contributed by atoms with Crippen molar-refractivity contribution in [1.29, 1.82) is 0 Å². The average molecular weight is 420 g/mol. The van der Waals surface area contributed by atoms with E-state index in [1.54, 1.807) is 0 Å². The second kappa shape index (κ2) is 13.2. The van der Waals surface area contributed by atoms with Gasteiger partial charge in [-0.3, -0.25) is 0 Å². The zero-order valence-electron chi connectivity index (χ0n) is 14.8. The van der Waals surface area contributed by atoms with E-state index >= 15 is 0 Å². The molecule has 0 radical (unpaired) electrons. The molecule has 146 valence electrons. The molecule has 2 atom stereocenters. The lowest BCUT2D eigenvalue weighted by Crippen LogP contribution is -2.37. The first kappa shape index (κ1) is 25.0. The van der Waals surface area contributed by atoms with Crippen LogP contribution in [0.15, 0.2) is 48.5 Å². The van der Waals surface area contributed by atoms with Gasteiger partial charge in [-0.1, -0.05) is 36.4 Å². The molecule has 0 bridgehead atoms. The minimum absolute atomic E-state index is 0. The van der Waals surface area contributed by atoms with Crippen LogP contribution in [-0.2, 0) is 12.8 Å². The van der Waals surface area contributed by atoms with Crippen molar-refractivity contribution in [3.8, 4) is 0 Å². The number of aryl methyl sites for hydroxylation is 1. The van der Waals surface area contributed by atoms with E-state index in [0.717, 1.165) is 38.2 Å². The van der Waals surface area contributed by atoms with Crippen molar-refractivity contribution < 1.29 is 0 Å². The molecule has 1 aromatic heterocycles. The highest BCUT2D eigenvalue weighted by molar-refractivity contribution is 5.86. The lowest BCUT2D eigenvalue weighted by molar-refractivity contribution is 0.419. The van der Waals surface area contributed by atoms with Gasteiger partial charge in [-0.2, -0.15) is 0 Å². The number of nitrogen functional groups attached to an aromatic ring is 1. The molecule has 0 unspecified atom stereocenters. The molecule has 1 aliphatic heterocycles. The second-order valence-electron chi connectivity index (χ2n) is 6.33. The van der Waals surface area contributed by atoms with Crippen LogP contribution >= 0.6 is 37.2 Å². The molecule has 7 heteroatoms. The lowest BCUT2D eigenvalue weighted by Gasteiger charge is -2.20. The lowest BCUT2D eigenvalue weighted by atomic mass is 9.97. The third-order valence-corrected chi connectivity index (χ3v) is 4.53. The summed E-state index contributed by atoms with van der Waals surface area (Å²) in [7, 11) is 0. The Hall–Kier alpha value is -1.04. The zero-order chi connectivity index (χ0) is 15.9. The molecular formula is C19H29Cl3N4. The standard InChI is InChI=1S/C19H26N4.3ClH/c20-19-10-4-9-17(23-19)12-16-13-21-14-18(16)22-11-5-8-15-6-2-1-3-7-15;;;/h1-4,6-7,9-10,16,18,21-22H,5,8,11-14H2,(H2,20,23);3*1H/t16-,18-;;;/m0.../s1. The number of nitrogens with two attached hydrogens (primary N) is 1. The van der Waals surface area contributed by atoms with Gasteiger partial charge >= 0.3 is 0 Å². The first-order valence-corrected chi connectivity index (χ1v) is 8.51. The molecule has 1 fully saturated rings. The van der Waals surface area contributed by atoms with E-state index < -0.39 is 0 Å². The molecule has 26 heavy (non-hydrogen) atoms. The van der Waals surface area contributed by atoms with Crippen LogP contribution in [0.25, 0.3) is 0 Å². The number of anilines is 1. The monoisotopic (exact) mass is 418 g/mol. The van der Waals surface area contributed by atoms with Gasteiger partial charge in [-0.15, -0.1) is 37.2 Å². The maximum Gasteiger partial charge on any atom is 0.123 e. The van der Waals surface area contributed by atoms with Gasteiger partial charge in [0, 0.05) is 18.3 Å². The number of benzene rings is 1. The zero-order valence-corrected chi connectivity index (χ0v) is 17.2. The smallest absolute Gasteiger partial charge is 0.123 e. The van der Waals surface area contributed by atoms with Gasteiger partial charge in [0.25, 0.3) is 0 Å². The van der Waals surface area contributed by atoms with Crippen molar-refractivity contribution >= 4 is 43.0 Å². The Morgan fingerprint density at radius 2 is 1.77 bits per heavy atom. The summed E-state index contributed by atoms with van der Waals surface area (Å²) >= 11 is 0. The summed E-state index contributed by atoms with van der Waals surface area (Å²) in [5.41, 5.74) is 8.29. The first-order chi connectivity index (χ1) is 11.3. The summed E-state index contributed by atoms with van der Waals surface area (Å²) in [5.74, 6) is 1.20. The number of aromatic nitrogens is 1. The molecule has 0 saturated carbocycles. The van der Waals surface area contributed by atoms with Gasteiger partial charge in [0.1, 0.15) is 5.82 Å². The average Bonchev–Trinajstić information content (AvgIpc) is 3.00. The first-order valence-electron chi connectivity index (χ1n) is 8.51. The molecule has 1 aromatic carbocycles. The van der Waals surface area contributed by atoms with Crippen molar-refractivity contribution in [1.82, 2.24) is 15.6 Å². The quantitative estimate of drug-likeness (QED) is 0.603. The number of hydrogen-bond donors (Lipinski definition) is 3. The molecule has 1 saturated heterocycles. The minimum atomic E-state index is 0. The topological polar surface area (TPSA) is 63.0 Å². The van der Waals surface area contributed by atoms with Crippen LogP contribution < -0.4 is 16.4 Å². The molecule has 0 spiro atoms. The molecule has 1 aliphatic rings. The molecular weight excluding hydrogens is 391 g/mol. The third kappa shape index (κ3) is 7.68. The van der Waals surface area contributed by atoms with Crippen LogP contribution in [-0.4, -0.2) is 30.7 Å². The van der Waals surface area contributed by atoms with Crippen LogP contribution in [0, 0.1) is 5.92 Å². The van der Waals surface area contributed by atoms with E-state index in [1.165, 1.54) is 12.0 Å². The van der Waals surface area contributed by atoms with Gasteiger partial charge in [0.2, 0.25) is 0 Å². The van der Waals surface area contributed by atoms with Crippen molar-refractivity contribution in [2.45, 2.75) is 25.3 Å². The maximum atomic E-state index is 5.78. The Bertz CT molecular complexity index is 613. The van der Waals surface area contributed by atoms with E-state index in [-0.39, 0.29) is 37.2 Å². The molecule has 2 heterocycles. The third-order valence-electron chi connectivity index (χ3n) is 4.53. The van der Waals surface area contributed by atoms with Gasteiger partial charge in [-0.25, -0.2) is 4.98 Å². The molecule has 0 amide bonds. The largest absolute Gasteiger partial charge is 0.384 e. The van der Waals surface area contributed by atoms with Crippen LogP contribution in [0.2, 0.25) is 0 Å². The van der Waals surface area contributed by atoms with E-state index in [4.69, 9.17) is 5.73 Å². The highest BCUT2D eigenvalue weighted by atomic mass is 35.5. The minimum Gasteiger partial charge on any atom is -0.384 e. The van der Waals surface area contributed by atoms with Gasteiger partial charge in [0.05, 0.1) is 0 Å². The number of nitrogens with zero attached hydrogens (tertiary/aromatic N) is 1. The van der Waals surface area contributed by atoms with Crippen molar-refractivity contribution in [3.63, 3.8) is 0 Å². The van der Waals surface area contributed by atoms with Crippen molar-refractivity contribution in [2.24, 2.45) is 5.92 Å². The highest BCUT2D eigenvalue weighted by Crippen LogP contribution is 2.16. The Morgan fingerprint density at radius 3 is 2.50 bits per heavy atom. The van der Waals surface area contributed by atoms with Gasteiger partial charge in [0.15, 0.2) is 0 Å². The van der Waals surface area contributed by atoms with E-state index in [1.807, 2.05) is 12.1 Å². The maximum absolute atomic E-state index is 5.78. The fraction of sp³-hybridized carbons (Fsp3) is 0.421. The van der Waals surface area contributed by atoms with Crippen LogP contribution in [0.4, 0.5) is 5.82 Å². The summed E-state index contributed by atoms with van der Waals surface area (Å²) in [6.07, 6.45) is 3.29. The summed E-state index contributed by atoms with van der Waals surface area (Å²) in [6, 6.07) is 17.1. The predicted octanol–water partition coefficient (Wildman–Crippen LogP) is 3.28. The Morgan fingerprint density at radius 1 is 1.00 bits per heavy atom. The Kier molecular flexibility index (Phi) is 12.7. The normalized spacial score (nSPS) is 18.3. The van der Waals surface area contributed by atoms with Crippen LogP contribution in [0.1, 0.15) is 17.7 Å². The Balaban J connectivity index is 0.00000208. The van der Waals surface area contributed by atoms with E-state index in [9.17, 15) is 0 Å². The number of hydrogen-bond acceptors (Lipinski definition) is 4. The summed E-state index contributed by atoms with van der Waals surface area (Å²) in [6.45, 7) is 3.15. The molecule has 0 aliphatic carbocycles. The summed E-state index contributed by atoms with van der Waals surface area (Å²) < 4.78 is 0. The van der Waals surface area contributed by atoms with E-state index in [0.29, 0.717) is 17.8 Å². The van der Waals surface area contributed by atoms with Crippen LogP contribution in [0.5, 0.6) is 0 Å². The number of halogens is 3. The number of nitrogens with one attached hydrogen (secondary N) is 2. The van der Waals surface area contributed by atoms with Gasteiger partial charge < -0.3 is 16.4 Å². The molecule has 2 aromatic rings. The fourth-order valence-corrected chi connectivity index (χ4v) is 3.29.